The fourth-order valence-corrected chi connectivity index (χ4v) is 4.92. The van der Waals surface area contributed by atoms with E-state index < -0.39 is 0 Å². The number of hydrogen-bond acceptors (Lipinski definition) is 3. The van der Waals surface area contributed by atoms with Crippen molar-refractivity contribution in [3.8, 4) is 0 Å². The van der Waals surface area contributed by atoms with Crippen molar-refractivity contribution in [3.05, 3.63) is 35.9 Å². The first kappa shape index (κ1) is 26.9. The van der Waals surface area contributed by atoms with Gasteiger partial charge in [-0.15, -0.1) is 0 Å². The SMILES string of the molecule is CCCCCCCCCCCCCCNC(=O)C1CNC[C@H]1N(C)[C@H](C)c1ccccc1. The highest BCUT2D eigenvalue weighted by Crippen LogP contribution is 2.25. The average Bonchev–Trinajstić information content (AvgIpc) is 3.31. The zero-order valence-corrected chi connectivity index (χ0v) is 21.1. The highest BCUT2D eigenvalue weighted by atomic mass is 16.2. The monoisotopic (exact) mass is 443 g/mol. The number of amides is 1. The van der Waals surface area contributed by atoms with Gasteiger partial charge in [-0.25, -0.2) is 0 Å². The maximum atomic E-state index is 12.8. The van der Waals surface area contributed by atoms with E-state index in [9.17, 15) is 4.79 Å². The second-order valence-corrected chi connectivity index (χ2v) is 9.76. The Labute approximate surface area is 197 Å². The molecule has 0 spiro atoms. The Morgan fingerprint density at radius 1 is 0.938 bits per heavy atom. The van der Waals surface area contributed by atoms with E-state index in [4.69, 9.17) is 0 Å². The van der Waals surface area contributed by atoms with Crippen LogP contribution >= 0.6 is 0 Å². The number of benzene rings is 1. The first-order valence-electron chi connectivity index (χ1n) is 13.4. The summed E-state index contributed by atoms with van der Waals surface area (Å²) in [7, 11) is 2.15. The van der Waals surface area contributed by atoms with E-state index in [1.165, 1.54) is 76.2 Å². The smallest absolute Gasteiger partial charge is 0.226 e. The van der Waals surface area contributed by atoms with Crippen molar-refractivity contribution >= 4 is 5.91 Å². The topological polar surface area (TPSA) is 44.4 Å². The molecule has 1 aliphatic rings. The number of carbonyl (C=O) groups excluding carboxylic acids is 1. The summed E-state index contributed by atoms with van der Waals surface area (Å²) < 4.78 is 0. The molecule has 0 bridgehead atoms. The number of rotatable bonds is 17. The van der Waals surface area contributed by atoms with Gasteiger partial charge in [-0.1, -0.05) is 108 Å². The lowest BCUT2D eigenvalue weighted by atomic mass is 9.98. The lowest BCUT2D eigenvalue weighted by Gasteiger charge is -2.33. The highest BCUT2D eigenvalue weighted by Gasteiger charge is 2.36. The zero-order chi connectivity index (χ0) is 23.0. The van der Waals surface area contributed by atoms with Gasteiger partial charge in [-0.05, 0) is 26.0 Å². The van der Waals surface area contributed by atoms with Crippen LogP contribution in [0.2, 0.25) is 0 Å². The number of unbranched alkanes of at least 4 members (excludes halogenated alkanes) is 11. The molecule has 182 valence electrons. The number of likely N-dealkylation sites (N-methyl/N-ethyl adjacent to an activating group) is 1. The first-order chi connectivity index (χ1) is 15.6. The van der Waals surface area contributed by atoms with E-state index in [1.54, 1.807) is 0 Å². The minimum Gasteiger partial charge on any atom is -0.356 e. The summed E-state index contributed by atoms with van der Waals surface area (Å²) in [6.07, 6.45) is 16.2. The van der Waals surface area contributed by atoms with Gasteiger partial charge in [-0.3, -0.25) is 9.69 Å². The Kier molecular flexibility index (Phi) is 13.6. The third kappa shape index (κ3) is 9.62. The number of hydrogen-bond donors (Lipinski definition) is 2. The molecule has 2 rings (SSSR count). The molecule has 1 aliphatic heterocycles. The lowest BCUT2D eigenvalue weighted by molar-refractivity contribution is -0.126. The van der Waals surface area contributed by atoms with Gasteiger partial charge in [0.2, 0.25) is 5.91 Å². The van der Waals surface area contributed by atoms with Gasteiger partial charge in [-0.2, -0.15) is 0 Å². The summed E-state index contributed by atoms with van der Waals surface area (Å²) in [4.78, 5) is 15.2. The molecule has 0 saturated carbocycles. The summed E-state index contributed by atoms with van der Waals surface area (Å²) >= 11 is 0. The molecule has 4 heteroatoms. The molecule has 1 amide bonds. The molecule has 0 radical (unpaired) electrons. The van der Waals surface area contributed by atoms with Crippen LogP contribution in [0.3, 0.4) is 0 Å². The summed E-state index contributed by atoms with van der Waals surface area (Å²) in [6, 6.07) is 11.1. The Morgan fingerprint density at radius 2 is 1.50 bits per heavy atom. The van der Waals surface area contributed by atoms with E-state index in [2.05, 4.69) is 66.8 Å². The Bertz CT molecular complexity index is 606. The first-order valence-corrected chi connectivity index (χ1v) is 13.4. The van der Waals surface area contributed by atoms with Gasteiger partial charge in [0.15, 0.2) is 0 Å². The van der Waals surface area contributed by atoms with Crippen LogP contribution < -0.4 is 10.6 Å². The van der Waals surface area contributed by atoms with Crippen molar-refractivity contribution < 1.29 is 4.79 Å². The minimum absolute atomic E-state index is 0.0310. The van der Waals surface area contributed by atoms with Gasteiger partial charge >= 0.3 is 0 Å². The normalized spacial score (nSPS) is 19.4. The minimum atomic E-state index is 0.0310. The van der Waals surface area contributed by atoms with Crippen LogP contribution in [0.25, 0.3) is 0 Å². The molecule has 1 fully saturated rings. The number of nitrogens with one attached hydrogen (secondary N) is 2. The Balaban J connectivity index is 1.55. The second kappa shape index (κ2) is 16.3. The quantitative estimate of drug-likeness (QED) is 0.287. The van der Waals surface area contributed by atoms with Crippen molar-refractivity contribution in [2.24, 2.45) is 5.92 Å². The largest absolute Gasteiger partial charge is 0.356 e. The molecule has 1 aromatic carbocycles. The maximum absolute atomic E-state index is 12.8. The Morgan fingerprint density at radius 3 is 2.09 bits per heavy atom. The van der Waals surface area contributed by atoms with Crippen LogP contribution in [0, 0.1) is 5.92 Å². The fraction of sp³-hybridized carbons (Fsp3) is 0.750. The van der Waals surface area contributed by atoms with Crippen LogP contribution in [0.1, 0.15) is 103 Å². The lowest BCUT2D eigenvalue weighted by Crippen LogP contribution is -2.45. The maximum Gasteiger partial charge on any atom is 0.226 e. The molecule has 1 unspecified atom stereocenters. The van der Waals surface area contributed by atoms with E-state index in [1.807, 2.05) is 0 Å². The van der Waals surface area contributed by atoms with Crippen molar-refractivity contribution in [1.29, 1.82) is 0 Å². The van der Waals surface area contributed by atoms with Crippen molar-refractivity contribution in [1.82, 2.24) is 15.5 Å². The standard InChI is InChI=1S/C28H49N3O/c1-4-5-6-7-8-9-10-11-12-13-14-18-21-30-28(32)26-22-29-23-27(26)31(3)24(2)25-19-16-15-17-20-25/h15-17,19-20,24,26-27,29H,4-14,18,21-23H2,1-3H3,(H,30,32)/t24-,26?,27-/m1/s1. The number of nitrogens with zero attached hydrogens (tertiary/aromatic N) is 1. The highest BCUT2D eigenvalue weighted by molar-refractivity contribution is 5.80. The van der Waals surface area contributed by atoms with Crippen LogP contribution in [-0.4, -0.2) is 43.5 Å². The summed E-state index contributed by atoms with van der Waals surface area (Å²) in [6.45, 7) is 6.98. The predicted molar refractivity (Wildman–Crippen MR) is 137 cm³/mol. The van der Waals surface area contributed by atoms with E-state index in [0.29, 0.717) is 6.04 Å². The Hall–Kier alpha value is -1.39. The van der Waals surface area contributed by atoms with Crippen molar-refractivity contribution in [2.75, 3.05) is 26.7 Å². The van der Waals surface area contributed by atoms with Crippen molar-refractivity contribution in [3.63, 3.8) is 0 Å². The molecule has 32 heavy (non-hydrogen) atoms. The molecule has 0 aliphatic carbocycles. The van der Waals surface area contributed by atoms with Crippen LogP contribution in [-0.2, 0) is 4.79 Å². The van der Waals surface area contributed by atoms with Gasteiger partial charge in [0, 0.05) is 31.7 Å². The van der Waals surface area contributed by atoms with E-state index in [0.717, 1.165) is 26.1 Å². The molecule has 2 N–H and O–H groups in total. The van der Waals surface area contributed by atoms with E-state index >= 15 is 0 Å². The van der Waals surface area contributed by atoms with Gasteiger partial charge in [0.05, 0.1) is 5.92 Å². The number of carbonyl (C=O) groups is 1. The molecule has 1 saturated heterocycles. The second-order valence-electron chi connectivity index (χ2n) is 9.76. The van der Waals surface area contributed by atoms with Crippen LogP contribution in [0.15, 0.2) is 30.3 Å². The summed E-state index contributed by atoms with van der Waals surface area (Å²) in [5.74, 6) is 0.249. The summed E-state index contributed by atoms with van der Waals surface area (Å²) in [5, 5.41) is 6.66. The van der Waals surface area contributed by atoms with Crippen LogP contribution in [0.4, 0.5) is 0 Å². The average molecular weight is 444 g/mol. The third-order valence-electron chi connectivity index (χ3n) is 7.26. The third-order valence-corrected chi connectivity index (χ3v) is 7.26. The zero-order valence-electron chi connectivity index (χ0n) is 21.1. The molecule has 0 aromatic heterocycles. The molecule has 1 aromatic rings. The van der Waals surface area contributed by atoms with Crippen molar-refractivity contribution in [2.45, 2.75) is 103 Å². The molecule has 1 heterocycles. The van der Waals surface area contributed by atoms with Gasteiger partial charge in [0.25, 0.3) is 0 Å². The molecule has 3 atom stereocenters. The molecule has 4 nitrogen and oxygen atoms in total. The molecular weight excluding hydrogens is 394 g/mol. The summed E-state index contributed by atoms with van der Waals surface area (Å²) in [5.41, 5.74) is 1.30. The van der Waals surface area contributed by atoms with E-state index in [-0.39, 0.29) is 17.9 Å². The van der Waals surface area contributed by atoms with Crippen LogP contribution in [0.5, 0.6) is 0 Å². The predicted octanol–water partition coefficient (Wildman–Crippen LogP) is 6.08. The molecular formula is C28H49N3O. The van der Waals surface area contributed by atoms with Gasteiger partial charge in [0.1, 0.15) is 0 Å². The fourth-order valence-electron chi connectivity index (χ4n) is 4.92. The van der Waals surface area contributed by atoms with Gasteiger partial charge < -0.3 is 10.6 Å².